The third kappa shape index (κ3) is 7.27. The van der Waals surface area contributed by atoms with Crippen molar-refractivity contribution < 1.29 is 4.79 Å². The van der Waals surface area contributed by atoms with Gasteiger partial charge in [0.2, 0.25) is 5.91 Å². The van der Waals surface area contributed by atoms with Gasteiger partial charge in [0.15, 0.2) is 5.96 Å². The lowest BCUT2D eigenvalue weighted by atomic mass is 10.1. The van der Waals surface area contributed by atoms with Crippen LogP contribution in [-0.4, -0.2) is 63.8 Å². The predicted octanol–water partition coefficient (Wildman–Crippen LogP) is 1.80. The Balaban J connectivity index is 0.00000364. The van der Waals surface area contributed by atoms with Crippen LogP contribution in [0.25, 0.3) is 0 Å². The largest absolute Gasteiger partial charge is 0.357 e. The zero-order valence-electron chi connectivity index (χ0n) is 16.8. The number of carbonyl (C=O) groups excluding carboxylic acids is 1. The Kier molecular flexibility index (Phi) is 11.3. The molecule has 8 nitrogen and oxygen atoms in total. The molecule has 1 fully saturated rings. The second kappa shape index (κ2) is 12.9. The van der Waals surface area contributed by atoms with E-state index >= 15 is 0 Å². The topological polar surface area (TPSA) is 87.4 Å². The maximum atomic E-state index is 11.9. The van der Waals surface area contributed by atoms with Crippen molar-refractivity contribution >= 4 is 35.8 Å². The molecule has 1 aromatic heterocycles. The summed E-state index contributed by atoms with van der Waals surface area (Å²) in [5, 5.41) is 14.7. The van der Waals surface area contributed by atoms with Crippen LogP contribution in [0.3, 0.4) is 0 Å². The molecule has 1 aromatic rings. The molecule has 0 saturated carbocycles. The maximum absolute atomic E-state index is 11.9. The summed E-state index contributed by atoms with van der Waals surface area (Å²) in [4.78, 5) is 18.6. The van der Waals surface area contributed by atoms with Gasteiger partial charge in [-0.2, -0.15) is 0 Å². The number of aromatic nitrogens is 3. The lowest BCUT2D eigenvalue weighted by Gasteiger charge is -2.26. The van der Waals surface area contributed by atoms with Crippen molar-refractivity contribution in [2.45, 2.75) is 65.5 Å². The molecule has 9 heteroatoms. The highest BCUT2D eigenvalue weighted by atomic mass is 127. The minimum absolute atomic E-state index is 0. The van der Waals surface area contributed by atoms with Gasteiger partial charge in [0.25, 0.3) is 0 Å². The molecule has 154 valence electrons. The van der Waals surface area contributed by atoms with Crippen LogP contribution in [-0.2, 0) is 17.8 Å². The van der Waals surface area contributed by atoms with Crippen LogP contribution in [0.1, 0.15) is 52.3 Å². The number of hydrogen-bond acceptors (Lipinski definition) is 4. The molecule has 1 saturated heterocycles. The van der Waals surface area contributed by atoms with Crippen molar-refractivity contribution in [3.63, 3.8) is 0 Å². The van der Waals surface area contributed by atoms with Gasteiger partial charge >= 0.3 is 0 Å². The summed E-state index contributed by atoms with van der Waals surface area (Å²) in [7, 11) is 0. The molecule has 1 aliphatic rings. The van der Waals surface area contributed by atoms with E-state index in [1.807, 2.05) is 4.90 Å². The molecule has 2 rings (SSSR count). The molecule has 1 unspecified atom stereocenters. The second-order valence-corrected chi connectivity index (χ2v) is 6.52. The molecule has 27 heavy (non-hydrogen) atoms. The summed E-state index contributed by atoms with van der Waals surface area (Å²) in [5.41, 5.74) is 0. The fourth-order valence-corrected chi connectivity index (χ4v) is 3.34. The number of rotatable bonds is 10. The second-order valence-electron chi connectivity index (χ2n) is 6.52. The van der Waals surface area contributed by atoms with Crippen molar-refractivity contribution in [1.82, 2.24) is 30.3 Å². The van der Waals surface area contributed by atoms with Crippen molar-refractivity contribution in [3.05, 3.63) is 12.2 Å². The standard InChI is InChI=1S/C18H33N7O.HI/c1-4-15(25-12-7-8-17(25)26)9-10-20-18(19-6-3)21-11-13-24-14-22-23-16(24)5-2;/h14-15H,4-13H2,1-3H3,(H2,19,20,21);1H. The highest BCUT2D eigenvalue weighted by molar-refractivity contribution is 14.0. The first-order valence-electron chi connectivity index (χ1n) is 9.87. The number of likely N-dealkylation sites (tertiary alicyclic amines) is 1. The summed E-state index contributed by atoms with van der Waals surface area (Å²) in [5.74, 6) is 2.11. The zero-order valence-corrected chi connectivity index (χ0v) is 19.1. The molecule has 1 atom stereocenters. The van der Waals surface area contributed by atoms with Gasteiger partial charge in [-0.1, -0.05) is 13.8 Å². The van der Waals surface area contributed by atoms with E-state index in [1.54, 1.807) is 6.33 Å². The normalized spacial score (nSPS) is 15.6. The third-order valence-electron chi connectivity index (χ3n) is 4.76. The molecule has 0 spiro atoms. The highest BCUT2D eigenvalue weighted by Gasteiger charge is 2.26. The zero-order chi connectivity index (χ0) is 18.8. The monoisotopic (exact) mass is 491 g/mol. The third-order valence-corrected chi connectivity index (χ3v) is 4.76. The number of guanidine groups is 1. The van der Waals surface area contributed by atoms with E-state index in [4.69, 9.17) is 0 Å². The van der Waals surface area contributed by atoms with Gasteiger partial charge in [-0.15, -0.1) is 34.2 Å². The van der Waals surface area contributed by atoms with Crippen LogP contribution in [0.5, 0.6) is 0 Å². The smallest absolute Gasteiger partial charge is 0.222 e. The van der Waals surface area contributed by atoms with Crippen LogP contribution in [0.4, 0.5) is 0 Å². The van der Waals surface area contributed by atoms with E-state index in [0.717, 1.165) is 63.6 Å². The van der Waals surface area contributed by atoms with Crippen molar-refractivity contribution in [2.75, 3.05) is 26.2 Å². The molecule has 2 heterocycles. The van der Waals surface area contributed by atoms with E-state index in [-0.39, 0.29) is 24.0 Å². The van der Waals surface area contributed by atoms with E-state index in [9.17, 15) is 4.79 Å². The summed E-state index contributed by atoms with van der Waals surface area (Å²) >= 11 is 0. The molecular weight excluding hydrogens is 457 g/mol. The molecular formula is C18H34IN7O. The van der Waals surface area contributed by atoms with Gasteiger partial charge in [-0.25, -0.2) is 0 Å². The van der Waals surface area contributed by atoms with Gasteiger partial charge in [0, 0.05) is 51.6 Å². The van der Waals surface area contributed by atoms with Gasteiger partial charge in [0.05, 0.1) is 0 Å². The SMILES string of the molecule is CCNC(=NCCC(CC)N1CCCC1=O)NCCn1cnnc1CC.I. The predicted molar refractivity (Wildman–Crippen MR) is 118 cm³/mol. The number of hydrogen-bond donors (Lipinski definition) is 2. The van der Waals surface area contributed by atoms with E-state index < -0.39 is 0 Å². The fourth-order valence-electron chi connectivity index (χ4n) is 3.34. The number of nitrogens with zero attached hydrogens (tertiary/aromatic N) is 5. The lowest BCUT2D eigenvalue weighted by molar-refractivity contribution is -0.129. The number of amides is 1. The highest BCUT2D eigenvalue weighted by Crippen LogP contribution is 2.18. The van der Waals surface area contributed by atoms with Crippen molar-refractivity contribution in [3.8, 4) is 0 Å². The molecule has 1 amide bonds. The van der Waals surface area contributed by atoms with Gasteiger partial charge in [-0.05, 0) is 26.2 Å². The van der Waals surface area contributed by atoms with Gasteiger partial charge < -0.3 is 20.1 Å². The first-order valence-corrected chi connectivity index (χ1v) is 9.87. The average molecular weight is 491 g/mol. The van der Waals surface area contributed by atoms with Crippen LogP contribution < -0.4 is 10.6 Å². The van der Waals surface area contributed by atoms with E-state index in [2.05, 4.69) is 51.2 Å². The maximum Gasteiger partial charge on any atom is 0.222 e. The van der Waals surface area contributed by atoms with Gasteiger partial charge in [0.1, 0.15) is 12.2 Å². The lowest BCUT2D eigenvalue weighted by Crippen LogP contribution is -2.40. The van der Waals surface area contributed by atoms with E-state index in [1.165, 1.54) is 0 Å². The summed E-state index contributed by atoms with van der Waals surface area (Å²) in [6.45, 7) is 10.3. The molecule has 0 radical (unpaired) electrons. The summed E-state index contributed by atoms with van der Waals surface area (Å²) < 4.78 is 2.06. The molecule has 2 N–H and O–H groups in total. The molecule has 0 bridgehead atoms. The Morgan fingerprint density at radius 2 is 2.15 bits per heavy atom. The van der Waals surface area contributed by atoms with Crippen LogP contribution in [0, 0.1) is 0 Å². The fraction of sp³-hybridized carbons (Fsp3) is 0.778. The summed E-state index contributed by atoms with van der Waals surface area (Å²) in [6.07, 6.45) is 6.23. The Bertz CT molecular complexity index is 590. The minimum Gasteiger partial charge on any atom is -0.357 e. The Labute approximate surface area is 179 Å². The first kappa shape index (κ1) is 23.6. The van der Waals surface area contributed by atoms with Crippen LogP contribution in [0.15, 0.2) is 11.3 Å². The summed E-state index contributed by atoms with van der Waals surface area (Å²) in [6, 6.07) is 0.306. The number of aliphatic imine (C=N–C) groups is 1. The quantitative estimate of drug-likeness (QED) is 0.296. The van der Waals surface area contributed by atoms with Crippen molar-refractivity contribution in [1.29, 1.82) is 0 Å². The number of aryl methyl sites for hydroxylation is 1. The molecule has 0 aromatic carbocycles. The van der Waals surface area contributed by atoms with E-state index in [0.29, 0.717) is 24.9 Å². The van der Waals surface area contributed by atoms with Crippen LogP contribution >= 0.6 is 24.0 Å². The Morgan fingerprint density at radius 1 is 1.33 bits per heavy atom. The van der Waals surface area contributed by atoms with Crippen molar-refractivity contribution in [2.24, 2.45) is 4.99 Å². The average Bonchev–Trinajstić information content (AvgIpc) is 3.27. The molecule has 0 aliphatic carbocycles. The first-order chi connectivity index (χ1) is 12.7. The molecule has 1 aliphatic heterocycles. The Hall–Kier alpha value is -1.39. The number of halogens is 1. The Morgan fingerprint density at radius 3 is 2.78 bits per heavy atom. The van der Waals surface area contributed by atoms with Crippen LogP contribution in [0.2, 0.25) is 0 Å². The van der Waals surface area contributed by atoms with Gasteiger partial charge in [-0.3, -0.25) is 9.79 Å². The number of nitrogens with one attached hydrogen (secondary N) is 2. The minimum atomic E-state index is 0. The number of carbonyl (C=O) groups is 1.